The largest absolute Gasteiger partial charge is 0.351 e. The van der Waals surface area contributed by atoms with Gasteiger partial charge in [0.25, 0.3) is 5.91 Å². The molecule has 2 heterocycles. The minimum atomic E-state index is -0.623. The number of carbonyl (C=O) groups is 2. The molecule has 7 nitrogen and oxygen atoms in total. The van der Waals surface area contributed by atoms with Crippen LogP contribution in [0.15, 0.2) is 35.8 Å². The van der Waals surface area contributed by atoms with Gasteiger partial charge < -0.3 is 20.9 Å². The molecule has 23 heavy (non-hydrogen) atoms. The van der Waals surface area contributed by atoms with E-state index in [-0.39, 0.29) is 5.91 Å². The number of primary amides is 1. The van der Waals surface area contributed by atoms with Crippen LogP contribution in [0.5, 0.6) is 0 Å². The van der Waals surface area contributed by atoms with Gasteiger partial charge in [-0.15, -0.1) is 11.3 Å². The zero-order chi connectivity index (χ0) is 16.2. The number of nitrogens with two attached hydrogens (primary N) is 1. The van der Waals surface area contributed by atoms with Gasteiger partial charge in [-0.25, -0.2) is 9.78 Å². The standard InChI is InChI=1S/C15H17N5O2S/c16-14(22)18-12-3-1-11(2-4-12)13(21)19-6-8-20(9-7-19)15-17-5-10-23-15/h1-5,10H,6-9H2,(H3,16,18,22). The second-order valence-corrected chi connectivity index (χ2v) is 6.03. The molecule has 8 heteroatoms. The summed E-state index contributed by atoms with van der Waals surface area (Å²) >= 11 is 1.61. The van der Waals surface area contributed by atoms with Crippen LogP contribution in [0, 0.1) is 0 Å². The SMILES string of the molecule is NC(=O)Nc1ccc(C(=O)N2CCN(c3nccs3)CC2)cc1. The monoisotopic (exact) mass is 331 g/mol. The van der Waals surface area contributed by atoms with Crippen molar-refractivity contribution in [1.29, 1.82) is 0 Å². The molecule has 1 saturated heterocycles. The van der Waals surface area contributed by atoms with E-state index in [0.717, 1.165) is 18.2 Å². The van der Waals surface area contributed by atoms with Crippen molar-refractivity contribution in [3.63, 3.8) is 0 Å². The fraction of sp³-hybridized carbons (Fsp3) is 0.267. The first kappa shape index (κ1) is 15.3. The number of hydrogen-bond donors (Lipinski definition) is 2. The number of thiazole rings is 1. The van der Waals surface area contributed by atoms with E-state index in [1.165, 1.54) is 0 Å². The Kier molecular flexibility index (Phi) is 4.42. The number of carbonyl (C=O) groups excluding carboxylic acids is 2. The first-order valence-corrected chi connectivity index (χ1v) is 8.12. The zero-order valence-electron chi connectivity index (χ0n) is 12.4. The van der Waals surface area contributed by atoms with Gasteiger partial charge >= 0.3 is 6.03 Å². The lowest BCUT2D eigenvalue weighted by Crippen LogP contribution is -2.48. The van der Waals surface area contributed by atoms with Gasteiger partial charge in [0.05, 0.1) is 0 Å². The Labute approximate surface area is 137 Å². The molecule has 0 aliphatic carbocycles. The van der Waals surface area contributed by atoms with Crippen molar-refractivity contribution >= 4 is 34.1 Å². The Morgan fingerprint density at radius 1 is 1.13 bits per heavy atom. The summed E-state index contributed by atoms with van der Waals surface area (Å²) in [7, 11) is 0. The Balaban J connectivity index is 1.59. The maximum Gasteiger partial charge on any atom is 0.316 e. The molecule has 1 fully saturated rings. The summed E-state index contributed by atoms with van der Waals surface area (Å²) in [5.74, 6) is -0.00517. The maximum atomic E-state index is 12.5. The summed E-state index contributed by atoms with van der Waals surface area (Å²) in [5, 5.41) is 5.43. The van der Waals surface area contributed by atoms with E-state index >= 15 is 0 Å². The summed E-state index contributed by atoms with van der Waals surface area (Å²) in [6, 6.07) is 6.11. The molecule has 1 aliphatic heterocycles. The number of aromatic nitrogens is 1. The number of amides is 3. The van der Waals surface area contributed by atoms with Crippen LogP contribution in [-0.2, 0) is 0 Å². The van der Waals surface area contributed by atoms with Crippen LogP contribution in [0.2, 0.25) is 0 Å². The van der Waals surface area contributed by atoms with Gasteiger partial charge in [0, 0.05) is 49.0 Å². The lowest BCUT2D eigenvalue weighted by atomic mass is 10.1. The molecule has 0 unspecified atom stereocenters. The van der Waals surface area contributed by atoms with Crippen LogP contribution in [0.3, 0.4) is 0 Å². The molecule has 1 aromatic heterocycles. The average molecular weight is 331 g/mol. The fourth-order valence-electron chi connectivity index (χ4n) is 2.49. The van der Waals surface area contributed by atoms with Crippen molar-refractivity contribution in [2.75, 3.05) is 36.4 Å². The summed E-state index contributed by atoms with van der Waals surface area (Å²) in [5.41, 5.74) is 6.23. The van der Waals surface area contributed by atoms with Crippen LogP contribution >= 0.6 is 11.3 Å². The van der Waals surface area contributed by atoms with Gasteiger partial charge in [0.15, 0.2) is 5.13 Å². The van der Waals surface area contributed by atoms with Gasteiger partial charge in [-0.05, 0) is 24.3 Å². The normalized spacial score (nSPS) is 14.6. The minimum absolute atomic E-state index is 0.00517. The third kappa shape index (κ3) is 3.59. The first-order valence-electron chi connectivity index (χ1n) is 7.24. The van der Waals surface area contributed by atoms with Crippen LogP contribution in [0.4, 0.5) is 15.6 Å². The number of piperazine rings is 1. The molecule has 0 spiro atoms. The molecular formula is C15H17N5O2S. The number of nitrogens with zero attached hydrogens (tertiary/aromatic N) is 3. The van der Waals surface area contributed by atoms with Crippen molar-refractivity contribution in [2.24, 2.45) is 5.73 Å². The number of rotatable bonds is 3. The molecular weight excluding hydrogens is 314 g/mol. The van der Waals surface area contributed by atoms with Crippen molar-refractivity contribution < 1.29 is 9.59 Å². The van der Waals surface area contributed by atoms with Crippen LogP contribution < -0.4 is 16.0 Å². The van der Waals surface area contributed by atoms with Gasteiger partial charge in [0.2, 0.25) is 0 Å². The molecule has 1 aliphatic rings. The highest BCUT2D eigenvalue weighted by molar-refractivity contribution is 7.13. The number of benzene rings is 1. The molecule has 3 amide bonds. The summed E-state index contributed by atoms with van der Waals surface area (Å²) in [6.07, 6.45) is 1.79. The van der Waals surface area contributed by atoms with Crippen molar-refractivity contribution in [3.05, 3.63) is 41.4 Å². The summed E-state index contributed by atoms with van der Waals surface area (Å²) in [6.45, 7) is 2.89. The van der Waals surface area contributed by atoms with Gasteiger partial charge in [-0.1, -0.05) is 0 Å². The average Bonchev–Trinajstić information content (AvgIpc) is 3.09. The van der Waals surface area contributed by atoms with Crippen molar-refractivity contribution in [2.45, 2.75) is 0 Å². The van der Waals surface area contributed by atoms with E-state index in [9.17, 15) is 9.59 Å². The Morgan fingerprint density at radius 3 is 2.39 bits per heavy atom. The molecule has 0 atom stereocenters. The highest BCUT2D eigenvalue weighted by Gasteiger charge is 2.23. The van der Waals surface area contributed by atoms with Gasteiger partial charge in [-0.3, -0.25) is 4.79 Å². The lowest BCUT2D eigenvalue weighted by molar-refractivity contribution is 0.0747. The number of anilines is 2. The zero-order valence-corrected chi connectivity index (χ0v) is 13.3. The second-order valence-electron chi connectivity index (χ2n) is 5.16. The molecule has 0 radical (unpaired) electrons. The molecule has 0 saturated carbocycles. The molecule has 0 bridgehead atoms. The quantitative estimate of drug-likeness (QED) is 0.893. The predicted octanol–water partition coefficient (Wildman–Crippen LogP) is 1.60. The van der Waals surface area contributed by atoms with Gasteiger partial charge in [-0.2, -0.15) is 0 Å². The van der Waals surface area contributed by atoms with Crippen molar-refractivity contribution in [3.8, 4) is 0 Å². The third-order valence-electron chi connectivity index (χ3n) is 3.66. The Bertz CT molecular complexity index is 678. The molecule has 120 valence electrons. The molecule has 3 N–H and O–H groups in total. The fourth-order valence-corrected chi connectivity index (χ4v) is 3.19. The van der Waals surface area contributed by atoms with E-state index < -0.39 is 6.03 Å². The highest BCUT2D eigenvalue weighted by Crippen LogP contribution is 2.20. The lowest BCUT2D eigenvalue weighted by Gasteiger charge is -2.34. The number of nitrogens with one attached hydrogen (secondary N) is 1. The van der Waals surface area contributed by atoms with E-state index in [1.54, 1.807) is 41.8 Å². The highest BCUT2D eigenvalue weighted by atomic mass is 32.1. The number of urea groups is 1. The van der Waals surface area contributed by atoms with E-state index in [4.69, 9.17) is 5.73 Å². The third-order valence-corrected chi connectivity index (χ3v) is 4.49. The van der Waals surface area contributed by atoms with E-state index in [2.05, 4.69) is 15.2 Å². The smallest absolute Gasteiger partial charge is 0.316 e. The predicted molar refractivity (Wildman–Crippen MR) is 89.9 cm³/mol. The maximum absolute atomic E-state index is 12.5. The number of hydrogen-bond acceptors (Lipinski definition) is 5. The minimum Gasteiger partial charge on any atom is -0.351 e. The van der Waals surface area contributed by atoms with Crippen LogP contribution in [-0.4, -0.2) is 48.0 Å². The van der Waals surface area contributed by atoms with Crippen LogP contribution in [0.25, 0.3) is 0 Å². The van der Waals surface area contributed by atoms with E-state index in [1.807, 2.05) is 10.3 Å². The molecule has 1 aromatic carbocycles. The van der Waals surface area contributed by atoms with Crippen molar-refractivity contribution in [1.82, 2.24) is 9.88 Å². The molecule has 3 rings (SSSR count). The summed E-state index contributed by atoms with van der Waals surface area (Å²) in [4.78, 5) is 31.6. The summed E-state index contributed by atoms with van der Waals surface area (Å²) < 4.78 is 0. The molecule has 2 aromatic rings. The Hall–Kier alpha value is -2.61. The van der Waals surface area contributed by atoms with Gasteiger partial charge in [0.1, 0.15) is 0 Å². The van der Waals surface area contributed by atoms with Crippen LogP contribution in [0.1, 0.15) is 10.4 Å². The topological polar surface area (TPSA) is 91.6 Å². The van der Waals surface area contributed by atoms with E-state index in [0.29, 0.717) is 24.3 Å². The Morgan fingerprint density at radius 2 is 1.83 bits per heavy atom. The second kappa shape index (κ2) is 6.66. The first-order chi connectivity index (χ1) is 11.1.